The van der Waals surface area contributed by atoms with Crippen LogP contribution in [0.15, 0.2) is 46.9 Å². The Morgan fingerprint density at radius 3 is 2.45 bits per heavy atom. The molecule has 1 heterocycles. The van der Waals surface area contributed by atoms with E-state index in [-0.39, 0.29) is 0 Å². The fraction of sp³-hybridized carbons (Fsp3) is 0.278. The van der Waals surface area contributed by atoms with E-state index in [0.29, 0.717) is 11.8 Å². The molecule has 0 saturated heterocycles. The van der Waals surface area contributed by atoms with Gasteiger partial charge in [-0.25, -0.2) is 4.98 Å². The summed E-state index contributed by atoms with van der Waals surface area (Å²) in [5.41, 5.74) is 5.44. The zero-order chi connectivity index (χ0) is 14.1. The van der Waals surface area contributed by atoms with Gasteiger partial charge in [0.1, 0.15) is 5.52 Å². The van der Waals surface area contributed by atoms with E-state index in [2.05, 4.69) is 62.2 Å². The molecule has 3 rings (SSSR count). The summed E-state index contributed by atoms with van der Waals surface area (Å²) in [4.78, 5) is 4.60. The Balaban J connectivity index is 2.01. The van der Waals surface area contributed by atoms with Crippen LogP contribution in [0, 0.1) is 0 Å². The molecular weight excluding hydrogens is 246 g/mol. The minimum Gasteiger partial charge on any atom is -0.436 e. The second-order valence-electron chi connectivity index (χ2n) is 5.45. The number of hydrogen-bond donors (Lipinski definition) is 0. The van der Waals surface area contributed by atoms with Crippen molar-refractivity contribution in [2.45, 2.75) is 33.1 Å². The summed E-state index contributed by atoms with van der Waals surface area (Å²) in [7, 11) is 0. The Morgan fingerprint density at radius 2 is 1.80 bits per heavy atom. The zero-order valence-electron chi connectivity index (χ0n) is 12.2. The Labute approximate surface area is 119 Å². The van der Waals surface area contributed by atoms with Gasteiger partial charge >= 0.3 is 0 Å². The fourth-order valence-corrected chi connectivity index (χ4v) is 2.33. The molecule has 0 saturated carbocycles. The zero-order valence-corrected chi connectivity index (χ0v) is 12.2. The van der Waals surface area contributed by atoms with E-state index in [0.717, 1.165) is 23.1 Å². The molecule has 0 N–H and O–H groups in total. The molecule has 0 amide bonds. The third-order valence-corrected chi connectivity index (χ3v) is 3.68. The predicted molar refractivity (Wildman–Crippen MR) is 82.9 cm³/mol. The van der Waals surface area contributed by atoms with Crippen LogP contribution in [0.3, 0.4) is 0 Å². The molecule has 0 aliphatic carbocycles. The van der Waals surface area contributed by atoms with Crippen molar-refractivity contribution < 1.29 is 4.42 Å². The highest BCUT2D eigenvalue weighted by Gasteiger charge is 2.09. The standard InChI is InChI=1S/C18H19NO/c1-4-13-5-10-17-16(11-13)19-18(20-17)15-8-6-14(7-9-15)12(2)3/h5-12H,4H2,1-3H3. The summed E-state index contributed by atoms with van der Waals surface area (Å²) < 4.78 is 5.84. The minimum atomic E-state index is 0.541. The van der Waals surface area contributed by atoms with E-state index >= 15 is 0 Å². The molecule has 0 fully saturated rings. The van der Waals surface area contributed by atoms with E-state index in [4.69, 9.17) is 4.42 Å². The highest BCUT2D eigenvalue weighted by Crippen LogP contribution is 2.26. The van der Waals surface area contributed by atoms with Crippen molar-refractivity contribution in [2.75, 3.05) is 0 Å². The second kappa shape index (κ2) is 5.12. The van der Waals surface area contributed by atoms with Gasteiger partial charge in [-0.15, -0.1) is 0 Å². The minimum absolute atomic E-state index is 0.541. The Hall–Kier alpha value is -2.09. The SMILES string of the molecule is CCc1ccc2oc(-c3ccc(C(C)C)cc3)nc2c1. The van der Waals surface area contributed by atoms with Gasteiger partial charge in [0.15, 0.2) is 5.58 Å². The van der Waals surface area contributed by atoms with E-state index in [9.17, 15) is 0 Å². The van der Waals surface area contributed by atoms with E-state index in [1.165, 1.54) is 11.1 Å². The first-order valence-corrected chi connectivity index (χ1v) is 7.17. The van der Waals surface area contributed by atoms with Crippen LogP contribution < -0.4 is 0 Å². The van der Waals surface area contributed by atoms with Crippen molar-refractivity contribution in [1.29, 1.82) is 0 Å². The van der Waals surface area contributed by atoms with E-state index in [1.807, 2.05) is 6.07 Å². The number of fused-ring (bicyclic) bond motifs is 1. The number of hydrogen-bond acceptors (Lipinski definition) is 2. The molecule has 0 aliphatic heterocycles. The van der Waals surface area contributed by atoms with Crippen LogP contribution in [0.25, 0.3) is 22.6 Å². The first-order chi connectivity index (χ1) is 9.67. The topological polar surface area (TPSA) is 26.0 Å². The Bertz CT molecular complexity index is 723. The molecule has 0 aliphatic rings. The highest BCUT2D eigenvalue weighted by molar-refractivity contribution is 5.76. The maximum Gasteiger partial charge on any atom is 0.227 e. The number of benzene rings is 2. The van der Waals surface area contributed by atoms with Gasteiger partial charge in [-0.05, 0) is 47.7 Å². The normalized spacial score (nSPS) is 11.4. The molecule has 0 spiro atoms. The molecule has 3 aromatic rings. The largest absolute Gasteiger partial charge is 0.436 e. The Kier molecular flexibility index (Phi) is 3.31. The van der Waals surface area contributed by atoms with Crippen molar-refractivity contribution in [2.24, 2.45) is 0 Å². The van der Waals surface area contributed by atoms with Crippen LogP contribution in [0.5, 0.6) is 0 Å². The van der Waals surface area contributed by atoms with Crippen molar-refractivity contribution in [1.82, 2.24) is 4.98 Å². The van der Waals surface area contributed by atoms with Gasteiger partial charge in [0.2, 0.25) is 5.89 Å². The monoisotopic (exact) mass is 265 g/mol. The second-order valence-corrected chi connectivity index (χ2v) is 5.45. The number of aromatic nitrogens is 1. The van der Waals surface area contributed by atoms with E-state index in [1.54, 1.807) is 0 Å². The van der Waals surface area contributed by atoms with Crippen molar-refractivity contribution in [3.05, 3.63) is 53.6 Å². The lowest BCUT2D eigenvalue weighted by Crippen LogP contribution is -1.86. The number of oxazole rings is 1. The summed E-state index contributed by atoms with van der Waals surface area (Å²) in [6, 6.07) is 14.7. The molecule has 2 aromatic carbocycles. The molecule has 2 heteroatoms. The number of aryl methyl sites for hydroxylation is 1. The predicted octanol–water partition coefficient (Wildman–Crippen LogP) is 5.18. The van der Waals surface area contributed by atoms with Gasteiger partial charge in [0, 0.05) is 5.56 Å². The maximum atomic E-state index is 5.84. The van der Waals surface area contributed by atoms with Crippen LogP contribution >= 0.6 is 0 Å². The van der Waals surface area contributed by atoms with Crippen molar-refractivity contribution in [3.63, 3.8) is 0 Å². The molecule has 0 atom stereocenters. The maximum absolute atomic E-state index is 5.84. The molecule has 0 unspecified atom stereocenters. The molecule has 2 nitrogen and oxygen atoms in total. The van der Waals surface area contributed by atoms with Crippen molar-refractivity contribution in [3.8, 4) is 11.5 Å². The van der Waals surface area contributed by atoms with Gasteiger partial charge in [-0.2, -0.15) is 0 Å². The third-order valence-electron chi connectivity index (χ3n) is 3.68. The van der Waals surface area contributed by atoms with Crippen LogP contribution in [0.4, 0.5) is 0 Å². The third kappa shape index (κ3) is 2.34. The Morgan fingerprint density at radius 1 is 1.05 bits per heavy atom. The van der Waals surface area contributed by atoms with Crippen LogP contribution in [0.2, 0.25) is 0 Å². The summed E-state index contributed by atoms with van der Waals surface area (Å²) in [5, 5.41) is 0. The van der Waals surface area contributed by atoms with Gasteiger partial charge in [-0.1, -0.05) is 39.0 Å². The van der Waals surface area contributed by atoms with E-state index < -0.39 is 0 Å². The lowest BCUT2D eigenvalue weighted by atomic mass is 10.0. The first-order valence-electron chi connectivity index (χ1n) is 7.17. The average molecular weight is 265 g/mol. The molecule has 102 valence electrons. The van der Waals surface area contributed by atoms with Gasteiger partial charge in [-0.3, -0.25) is 0 Å². The summed E-state index contributed by atoms with van der Waals surface area (Å²) >= 11 is 0. The molecule has 1 aromatic heterocycles. The first kappa shape index (κ1) is 12.9. The van der Waals surface area contributed by atoms with Gasteiger partial charge in [0.05, 0.1) is 0 Å². The summed E-state index contributed by atoms with van der Waals surface area (Å²) in [5.74, 6) is 1.24. The fourth-order valence-electron chi connectivity index (χ4n) is 2.33. The molecular formula is C18H19NO. The molecule has 0 bridgehead atoms. The van der Waals surface area contributed by atoms with Gasteiger partial charge < -0.3 is 4.42 Å². The average Bonchev–Trinajstić information content (AvgIpc) is 2.90. The number of rotatable bonds is 3. The lowest BCUT2D eigenvalue weighted by Gasteiger charge is -2.04. The summed E-state index contributed by atoms with van der Waals surface area (Å²) in [6.07, 6.45) is 1.02. The van der Waals surface area contributed by atoms with Gasteiger partial charge in [0.25, 0.3) is 0 Å². The molecule has 20 heavy (non-hydrogen) atoms. The number of nitrogens with zero attached hydrogens (tertiary/aromatic N) is 1. The van der Waals surface area contributed by atoms with Crippen molar-refractivity contribution >= 4 is 11.1 Å². The molecule has 0 radical (unpaired) electrons. The smallest absolute Gasteiger partial charge is 0.227 e. The quantitative estimate of drug-likeness (QED) is 0.652. The lowest BCUT2D eigenvalue weighted by molar-refractivity contribution is 0.619. The van der Waals surface area contributed by atoms with Crippen LogP contribution in [-0.2, 0) is 6.42 Å². The van der Waals surface area contributed by atoms with Crippen LogP contribution in [0.1, 0.15) is 37.8 Å². The summed E-state index contributed by atoms with van der Waals surface area (Å²) in [6.45, 7) is 6.54. The van der Waals surface area contributed by atoms with Crippen LogP contribution in [-0.4, -0.2) is 4.98 Å². The highest BCUT2D eigenvalue weighted by atomic mass is 16.3.